The number of aryl methyl sites for hydroxylation is 1. The maximum absolute atomic E-state index is 15.9. The van der Waals surface area contributed by atoms with Crippen LogP contribution in [0.15, 0.2) is 36.4 Å². The van der Waals surface area contributed by atoms with E-state index in [0.717, 1.165) is 23.1 Å². The van der Waals surface area contributed by atoms with E-state index in [2.05, 4.69) is 28.1 Å². The highest BCUT2D eigenvalue weighted by Crippen LogP contribution is 2.37. The summed E-state index contributed by atoms with van der Waals surface area (Å²) in [4.78, 5) is 30.3. The largest absolute Gasteiger partial charge is 0.465 e. The molecular formula is C27H27F2N5O3. The number of nitrogens with zero attached hydrogens (tertiary/aromatic N) is 4. The van der Waals surface area contributed by atoms with Crippen LogP contribution in [0.2, 0.25) is 0 Å². The molecular weight excluding hydrogens is 480 g/mol. The number of alkyl halides is 1. The lowest BCUT2D eigenvalue weighted by molar-refractivity contribution is 0.0712. The summed E-state index contributed by atoms with van der Waals surface area (Å²) in [5, 5.41) is 12.1. The molecule has 3 heterocycles. The number of rotatable bonds is 7. The summed E-state index contributed by atoms with van der Waals surface area (Å²) in [5.74, 6) is 0.321. The molecule has 1 saturated carbocycles. The van der Waals surface area contributed by atoms with Gasteiger partial charge in [0.15, 0.2) is 11.6 Å². The number of amides is 2. The van der Waals surface area contributed by atoms with E-state index in [1.807, 2.05) is 12.1 Å². The van der Waals surface area contributed by atoms with Crippen LogP contribution in [0.3, 0.4) is 0 Å². The summed E-state index contributed by atoms with van der Waals surface area (Å²) in [5.41, 5.74) is 3.23. The Bertz CT molecular complexity index is 1550. The van der Waals surface area contributed by atoms with Gasteiger partial charge in [-0.05, 0) is 43.4 Å². The number of aromatic nitrogens is 3. The topological polar surface area (TPSA) is 92.4 Å². The molecule has 0 unspecified atom stereocenters. The van der Waals surface area contributed by atoms with Gasteiger partial charge in [0, 0.05) is 48.7 Å². The molecule has 2 amide bonds. The predicted molar refractivity (Wildman–Crippen MR) is 135 cm³/mol. The highest BCUT2D eigenvalue weighted by Gasteiger charge is 2.32. The second-order valence-corrected chi connectivity index (χ2v) is 10.0. The van der Waals surface area contributed by atoms with E-state index in [4.69, 9.17) is 10.1 Å². The van der Waals surface area contributed by atoms with Crippen LogP contribution < -0.4 is 5.32 Å². The number of carbonyl (C=O) groups is 2. The van der Waals surface area contributed by atoms with Gasteiger partial charge in [0.2, 0.25) is 0 Å². The summed E-state index contributed by atoms with van der Waals surface area (Å²) in [6, 6.07) is 10.8. The molecule has 0 bridgehead atoms. The van der Waals surface area contributed by atoms with Crippen molar-refractivity contribution in [2.45, 2.75) is 31.8 Å². The van der Waals surface area contributed by atoms with Gasteiger partial charge in [-0.15, -0.1) is 0 Å². The Morgan fingerprint density at radius 3 is 2.78 bits per heavy atom. The minimum Gasteiger partial charge on any atom is -0.465 e. The molecule has 37 heavy (non-hydrogen) atoms. The summed E-state index contributed by atoms with van der Waals surface area (Å²) in [7, 11) is 1.79. The molecule has 2 aromatic carbocycles. The molecule has 1 aliphatic carbocycles. The minimum absolute atomic E-state index is 0.129. The van der Waals surface area contributed by atoms with E-state index >= 15 is 4.39 Å². The smallest absolute Gasteiger partial charge is 0.405 e. The van der Waals surface area contributed by atoms with E-state index in [-0.39, 0.29) is 25.1 Å². The van der Waals surface area contributed by atoms with Crippen molar-refractivity contribution >= 4 is 33.9 Å². The highest BCUT2D eigenvalue weighted by molar-refractivity contribution is 6.01. The SMILES string of the molecule is Cn1c(-c2cc3ccccc3n2CC2CC2)nc2cc3c(c(F)c21)CCN(C[C@@H](CF)NC(=O)O)C3=O. The molecule has 0 spiro atoms. The van der Waals surface area contributed by atoms with Crippen molar-refractivity contribution in [1.82, 2.24) is 24.3 Å². The molecule has 10 heteroatoms. The molecule has 1 atom stereocenters. The average Bonchev–Trinajstić information content (AvgIpc) is 3.54. The van der Waals surface area contributed by atoms with Crippen molar-refractivity contribution in [2.75, 3.05) is 19.8 Å². The Balaban J connectivity index is 1.42. The third-order valence-electron chi connectivity index (χ3n) is 7.48. The molecule has 0 radical (unpaired) electrons. The zero-order chi connectivity index (χ0) is 25.8. The summed E-state index contributed by atoms with van der Waals surface area (Å²) >= 11 is 0. The zero-order valence-electron chi connectivity index (χ0n) is 20.4. The van der Waals surface area contributed by atoms with E-state index in [0.29, 0.717) is 28.3 Å². The fourth-order valence-corrected chi connectivity index (χ4v) is 5.45. The van der Waals surface area contributed by atoms with Crippen molar-refractivity contribution in [2.24, 2.45) is 13.0 Å². The molecule has 0 saturated heterocycles. The normalized spacial score (nSPS) is 16.4. The van der Waals surface area contributed by atoms with Crippen molar-refractivity contribution in [3.8, 4) is 11.5 Å². The number of para-hydroxylation sites is 1. The molecule has 6 rings (SSSR count). The third-order valence-corrected chi connectivity index (χ3v) is 7.48. The van der Waals surface area contributed by atoms with Gasteiger partial charge >= 0.3 is 6.09 Å². The van der Waals surface area contributed by atoms with Gasteiger partial charge in [0.25, 0.3) is 5.91 Å². The Morgan fingerprint density at radius 2 is 2.05 bits per heavy atom. The molecule has 2 aromatic heterocycles. The van der Waals surface area contributed by atoms with Crippen LogP contribution in [-0.2, 0) is 20.0 Å². The van der Waals surface area contributed by atoms with Crippen LogP contribution in [0, 0.1) is 11.7 Å². The van der Waals surface area contributed by atoms with Crippen molar-refractivity contribution in [1.29, 1.82) is 0 Å². The van der Waals surface area contributed by atoms with Gasteiger partial charge in [-0.1, -0.05) is 18.2 Å². The summed E-state index contributed by atoms with van der Waals surface area (Å²) in [6.07, 6.45) is 1.27. The number of hydrogen-bond donors (Lipinski definition) is 2. The molecule has 192 valence electrons. The van der Waals surface area contributed by atoms with Crippen LogP contribution in [0.5, 0.6) is 0 Å². The van der Waals surface area contributed by atoms with E-state index in [9.17, 15) is 14.0 Å². The lowest BCUT2D eigenvalue weighted by Crippen LogP contribution is -2.48. The molecule has 1 fully saturated rings. The number of imidazole rings is 1. The zero-order valence-corrected chi connectivity index (χ0v) is 20.4. The van der Waals surface area contributed by atoms with Crippen molar-refractivity contribution in [3.63, 3.8) is 0 Å². The monoisotopic (exact) mass is 507 g/mol. The third kappa shape index (κ3) is 4.00. The van der Waals surface area contributed by atoms with Crippen LogP contribution in [0.1, 0.15) is 28.8 Å². The predicted octanol–water partition coefficient (Wildman–Crippen LogP) is 4.35. The first-order valence-electron chi connectivity index (χ1n) is 12.5. The first kappa shape index (κ1) is 23.4. The van der Waals surface area contributed by atoms with Gasteiger partial charge in [-0.25, -0.2) is 18.6 Å². The lowest BCUT2D eigenvalue weighted by atomic mass is 9.97. The van der Waals surface area contributed by atoms with Gasteiger partial charge in [-0.2, -0.15) is 0 Å². The molecule has 8 nitrogen and oxygen atoms in total. The van der Waals surface area contributed by atoms with E-state index < -0.39 is 30.5 Å². The van der Waals surface area contributed by atoms with Crippen molar-refractivity contribution in [3.05, 3.63) is 53.3 Å². The maximum atomic E-state index is 15.9. The van der Waals surface area contributed by atoms with Crippen LogP contribution >= 0.6 is 0 Å². The highest BCUT2D eigenvalue weighted by atomic mass is 19.1. The number of halogens is 2. The van der Waals surface area contributed by atoms with Crippen molar-refractivity contribution < 1.29 is 23.5 Å². The lowest BCUT2D eigenvalue weighted by Gasteiger charge is -2.31. The standard InChI is InChI=1S/C27H27F2N5O3/c1-32-24-20(31-25(32)22-10-16-4-2-3-5-21(16)34(22)13-15-6-7-15)11-19-18(23(24)29)8-9-33(26(19)35)14-17(12-28)30-27(36)37/h2-5,10-11,15,17,30H,6-9,12-14H2,1H3,(H,36,37)/t17-/m1/s1. The summed E-state index contributed by atoms with van der Waals surface area (Å²) < 4.78 is 33.2. The van der Waals surface area contributed by atoms with Crippen LogP contribution in [-0.4, -0.2) is 61.9 Å². The Morgan fingerprint density at radius 1 is 1.27 bits per heavy atom. The maximum Gasteiger partial charge on any atom is 0.405 e. The number of fused-ring (bicyclic) bond motifs is 3. The van der Waals surface area contributed by atoms with Crippen LogP contribution in [0.4, 0.5) is 13.6 Å². The Kier molecular flexibility index (Phi) is 5.62. The number of nitrogens with one attached hydrogen (secondary N) is 1. The van der Waals surface area contributed by atoms with Gasteiger partial charge in [-0.3, -0.25) is 4.79 Å². The van der Waals surface area contributed by atoms with Gasteiger partial charge in [0.05, 0.1) is 17.3 Å². The van der Waals surface area contributed by atoms with Gasteiger partial charge in [0.1, 0.15) is 12.2 Å². The van der Waals surface area contributed by atoms with Crippen LogP contribution in [0.25, 0.3) is 33.5 Å². The number of carboxylic acid groups (broad SMARTS) is 1. The number of carbonyl (C=O) groups excluding carboxylic acids is 1. The first-order chi connectivity index (χ1) is 17.9. The quantitative estimate of drug-likeness (QED) is 0.389. The average molecular weight is 508 g/mol. The Hall–Kier alpha value is -3.95. The van der Waals surface area contributed by atoms with Gasteiger partial charge < -0.3 is 24.5 Å². The molecule has 4 aromatic rings. The second kappa shape index (κ2) is 8.86. The molecule has 2 N–H and O–H groups in total. The first-order valence-corrected chi connectivity index (χ1v) is 12.5. The molecule has 2 aliphatic rings. The number of benzene rings is 2. The second-order valence-electron chi connectivity index (χ2n) is 10.0. The van der Waals surface area contributed by atoms with E-state index in [1.54, 1.807) is 17.7 Å². The summed E-state index contributed by atoms with van der Waals surface area (Å²) in [6.45, 7) is -0.0325. The fraction of sp³-hybridized carbons (Fsp3) is 0.370. The Labute approximate surface area is 211 Å². The number of hydrogen-bond acceptors (Lipinski definition) is 3. The fourth-order valence-electron chi connectivity index (χ4n) is 5.45. The molecule has 1 aliphatic heterocycles. The van der Waals surface area contributed by atoms with E-state index in [1.165, 1.54) is 17.7 Å². The minimum atomic E-state index is -1.36.